The van der Waals surface area contributed by atoms with Crippen LogP contribution in [0.25, 0.3) is 0 Å². The number of hydrogen-bond donors (Lipinski definition) is 3. The van der Waals surface area contributed by atoms with Crippen LogP contribution in [0, 0.1) is 30.1 Å². The van der Waals surface area contributed by atoms with E-state index in [0.29, 0.717) is 29.1 Å². The van der Waals surface area contributed by atoms with Gasteiger partial charge in [0.1, 0.15) is 11.5 Å². The van der Waals surface area contributed by atoms with Gasteiger partial charge in [-0.15, -0.1) is 0 Å². The molecule has 1 aromatic carbocycles. The minimum atomic E-state index is -0.675. The maximum absolute atomic E-state index is 11.2. The van der Waals surface area contributed by atoms with Crippen LogP contribution in [0.5, 0.6) is 11.5 Å². The molecule has 4 atom stereocenters. The van der Waals surface area contributed by atoms with E-state index in [1.165, 1.54) is 25.3 Å². The standard InChI is InChI=1S/C23H36O4/c1-14-7-6-10-23(4,5)19(14)9-8-15(2)20(25)12-17-21(26)11-16(3)18(13-24)22(17)27/h11,13-15,19-20,25-27H,6-10,12H2,1-5H3/t14-,15?,19-,20?/m0/s1. The van der Waals surface area contributed by atoms with Gasteiger partial charge < -0.3 is 15.3 Å². The first kappa shape index (κ1) is 21.7. The predicted molar refractivity (Wildman–Crippen MR) is 108 cm³/mol. The largest absolute Gasteiger partial charge is 0.508 e. The Morgan fingerprint density at radius 2 is 2.00 bits per heavy atom. The molecule has 0 aliphatic heterocycles. The third-order valence-corrected chi connectivity index (χ3v) is 6.92. The number of carbonyl (C=O) groups is 1. The second-order valence-corrected chi connectivity index (χ2v) is 9.36. The lowest BCUT2D eigenvalue weighted by Gasteiger charge is -2.43. The monoisotopic (exact) mass is 376 g/mol. The number of aromatic hydroxyl groups is 2. The molecule has 3 N–H and O–H groups in total. The molecule has 2 unspecified atom stereocenters. The summed E-state index contributed by atoms with van der Waals surface area (Å²) in [5, 5.41) is 31.2. The van der Waals surface area contributed by atoms with E-state index in [4.69, 9.17) is 0 Å². The zero-order valence-corrected chi connectivity index (χ0v) is 17.5. The van der Waals surface area contributed by atoms with Crippen molar-refractivity contribution in [3.63, 3.8) is 0 Å². The fourth-order valence-corrected chi connectivity index (χ4v) is 4.95. The highest BCUT2D eigenvalue weighted by atomic mass is 16.3. The number of aryl methyl sites for hydroxylation is 1. The Balaban J connectivity index is 2.04. The van der Waals surface area contributed by atoms with E-state index in [0.717, 1.165) is 12.8 Å². The smallest absolute Gasteiger partial charge is 0.154 e. The van der Waals surface area contributed by atoms with Crippen LogP contribution < -0.4 is 0 Å². The highest BCUT2D eigenvalue weighted by molar-refractivity contribution is 5.83. The van der Waals surface area contributed by atoms with Gasteiger partial charge in [-0.05, 0) is 61.0 Å². The number of aliphatic hydroxyl groups is 1. The first-order chi connectivity index (χ1) is 12.6. The lowest BCUT2D eigenvalue weighted by atomic mass is 9.62. The fraction of sp³-hybridized carbons (Fsp3) is 0.696. The Morgan fingerprint density at radius 1 is 1.33 bits per heavy atom. The first-order valence-corrected chi connectivity index (χ1v) is 10.3. The van der Waals surface area contributed by atoms with E-state index in [2.05, 4.69) is 20.8 Å². The van der Waals surface area contributed by atoms with Crippen LogP contribution in [0.15, 0.2) is 6.07 Å². The number of hydrogen-bond acceptors (Lipinski definition) is 4. The number of rotatable bonds is 7. The molecule has 1 fully saturated rings. The van der Waals surface area contributed by atoms with E-state index in [1.54, 1.807) is 6.92 Å². The number of phenols is 2. The second kappa shape index (κ2) is 8.64. The van der Waals surface area contributed by atoms with Gasteiger partial charge in [-0.2, -0.15) is 0 Å². The molecule has 0 amide bonds. The lowest BCUT2D eigenvalue weighted by molar-refractivity contribution is 0.0552. The van der Waals surface area contributed by atoms with E-state index in [9.17, 15) is 20.1 Å². The van der Waals surface area contributed by atoms with Crippen molar-refractivity contribution in [2.75, 3.05) is 0 Å². The van der Waals surface area contributed by atoms with E-state index < -0.39 is 6.10 Å². The van der Waals surface area contributed by atoms with E-state index in [1.807, 2.05) is 6.92 Å². The van der Waals surface area contributed by atoms with Gasteiger partial charge in [0.15, 0.2) is 6.29 Å². The minimum absolute atomic E-state index is 0.0507. The number of phenolic OH excluding ortho intramolecular Hbond substituents is 2. The van der Waals surface area contributed by atoms with Gasteiger partial charge in [0.25, 0.3) is 0 Å². The van der Waals surface area contributed by atoms with Crippen molar-refractivity contribution in [3.05, 3.63) is 22.8 Å². The Labute approximate surface area is 163 Å². The summed E-state index contributed by atoms with van der Waals surface area (Å²) >= 11 is 0. The molecule has 27 heavy (non-hydrogen) atoms. The van der Waals surface area contributed by atoms with Crippen LogP contribution in [0.2, 0.25) is 0 Å². The molecule has 1 aliphatic carbocycles. The molecule has 1 saturated carbocycles. The SMILES string of the molecule is Cc1cc(O)c(CC(O)C(C)CC[C@H]2[C@@H](C)CCCC2(C)C)c(O)c1C=O. The van der Waals surface area contributed by atoms with Crippen LogP contribution in [-0.2, 0) is 6.42 Å². The number of aliphatic hydroxyl groups excluding tert-OH is 1. The van der Waals surface area contributed by atoms with Crippen molar-refractivity contribution < 1.29 is 20.1 Å². The Kier molecular flexibility index (Phi) is 6.96. The molecule has 4 nitrogen and oxygen atoms in total. The molecule has 0 heterocycles. The maximum atomic E-state index is 11.2. The molecule has 4 heteroatoms. The van der Waals surface area contributed by atoms with Gasteiger partial charge in [0, 0.05) is 12.0 Å². The van der Waals surface area contributed by atoms with Gasteiger partial charge in [-0.3, -0.25) is 4.79 Å². The van der Waals surface area contributed by atoms with E-state index >= 15 is 0 Å². The Bertz CT molecular complexity index is 665. The summed E-state index contributed by atoms with van der Waals surface area (Å²) in [4.78, 5) is 11.2. The highest BCUT2D eigenvalue weighted by Crippen LogP contribution is 2.46. The van der Waals surface area contributed by atoms with Crippen LogP contribution >= 0.6 is 0 Å². The van der Waals surface area contributed by atoms with Crippen molar-refractivity contribution in [2.24, 2.45) is 23.2 Å². The third kappa shape index (κ3) is 4.84. The molecule has 0 saturated heterocycles. The topological polar surface area (TPSA) is 77.8 Å². The molecule has 1 aromatic rings. The average molecular weight is 377 g/mol. The molecule has 152 valence electrons. The molecule has 0 aromatic heterocycles. The van der Waals surface area contributed by atoms with Crippen molar-refractivity contribution >= 4 is 6.29 Å². The quantitative estimate of drug-likeness (QED) is 0.585. The highest BCUT2D eigenvalue weighted by Gasteiger charge is 2.36. The van der Waals surface area contributed by atoms with Crippen molar-refractivity contribution in [3.8, 4) is 11.5 Å². The van der Waals surface area contributed by atoms with Crippen LogP contribution in [0.4, 0.5) is 0 Å². The van der Waals surface area contributed by atoms with Crippen molar-refractivity contribution in [2.45, 2.75) is 79.2 Å². The summed E-state index contributed by atoms with van der Waals surface area (Å²) < 4.78 is 0. The first-order valence-electron chi connectivity index (χ1n) is 10.3. The third-order valence-electron chi connectivity index (χ3n) is 6.92. The summed E-state index contributed by atoms with van der Waals surface area (Å²) in [5.41, 5.74) is 1.31. The number of benzene rings is 1. The molecular formula is C23H36O4. The average Bonchev–Trinajstić information content (AvgIpc) is 2.57. The van der Waals surface area contributed by atoms with Gasteiger partial charge in [0.05, 0.1) is 11.7 Å². The predicted octanol–water partition coefficient (Wildman–Crippen LogP) is 5.00. The summed E-state index contributed by atoms with van der Waals surface area (Å²) in [7, 11) is 0. The van der Waals surface area contributed by atoms with Gasteiger partial charge in [-0.25, -0.2) is 0 Å². The number of aldehydes is 1. The van der Waals surface area contributed by atoms with Gasteiger partial charge in [0.2, 0.25) is 0 Å². The number of carbonyl (C=O) groups excluding carboxylic acids is 1. The zero-order chi connectivity index (χ0) is 20.4. The van der Waals surface area contributed by atoms with Gasteiger partial charge in [-0.1, -0.05) is 40.5 Å². The molecule has 1 aliphatic rings. The van der Waals surface area contributed by atoms with Crippen LogP contribution in [0.1, 0.15) is 81.3 Å². The van der Waals surface area contributed by atoms with Crippen LogP contribution in [0.3, 0.4) is 0 Å². The summed E-state index contributed by atoms with van der Waals surface area (Å²) in [5.74, 6) is 1.14. The lowest BCUT2D eigenvalue weighted by Crippen LogP contribution is -2.34. The molecule has 0 spiro atoms. The second-order valence-electron chi connectivity index (χ2n) is 9.36. The molecular weight excluding hydrogens is 340 g/mol. The zero-order valence-electron chi connectivity index (χ0n) is 17.5. The Hall–Kier alpha value is -1.55. The van der Waals surface area contributed by atoms with E-state index in [-0.39, 0.29) is 35.0 Å². The summed E-state index contributed by atoms with van der Waals surface area (Å²) in [6.07, 6.45) is 5.90. The van der Waals surface area contributed by atoms with Crippen LogP contribution in [-0.4, -0.2) is 27.7 Å². The molecule has 0 bridgehead atoms. The van der Waals surface area contributed by atoms with Crippen molar-refractivity contribution in [1.82, 2.24) is 0 Å². The minimum Gasteiger partial charge on any atom is -0.508 e. The summed E-state index contributed by atoms with van der Waals surface area (Å²) in [6.45, 7) is 10.7. The molecule has 2 rings (SSSR count). The molecule has 0 radical (unpaired) electrons. The maximum Gasteiger partial charge on any atom is 0.154 e. The Morgan fingerprint density at radius 3 is 2.59 bits per heavy atom. The van der Waals surface area contributed by atoms with Crippen molar-refractivity contribution in [1.29, 1.82) is 0 Å². The normalized spacial score (nSPS) is 24.4. The fourth-order valence-electron chi connectivity index (χ4n) is 4.95. The van der Waals surface area contributed by atoms with Gasteiger partial charge >= 0.3 is 0 Å². The summed E-state index contributed by atoms with van der Waals surface area (Å²) in [6, 6.07) is 1.47.